The molecule has 3 aromatic carbocycles. The fourth-order valence-electron chi connectivity index (χ4n) is 4.30. The molecule has 0 unspecified atom stereocenters. The van der Waals surface area contributed by atoms with E-state index in [0.29, 0.717) is 33.4 Å². The molecule has 0 radical (unpaired) electrons. The van der Waals surface area contributed by atoms with E-state index in [1.165, 1.54) is 17.0 Å². The Hall–Kier alpha value is -4.49. The normalized spacial score (nSPS) is 11.2. The van der Waals surface area contributed by atoms with E-state index in [-0.39, 0.29) is 29.5 Å². The molecule has 10 heteroatoms. The number of aromatic nitrogens is 2. The van der Waals surface area contributed by atoms with Crippen LogP contribution < -0.4 is 15.0 Å². The molecule has 0 atom stereocenters. The van der Waals surface area contributed by atoms with Crippen molar-refractivity contribution >= 4 is 38.7 Å². The summed E-state index contributed by atoms with van der Waals surface area (Å²) in [7, 11) is 0. The fourth-order valence-corrected chi connectivity index (χ4v) is 4.76. The number of fused-ring (bicyclic) bond motifs is 1. The van der Waals surface area contributed by atoms with Gasteiger partial charge in [0.25, 0.3) is 5.56 Å². The lowest BCUT2D eigenvalue weighted by molar-refractivity contribution is -0.385. The van der Waals surface area contributed by atoms with Crippen LogP contribution in [0.15, 0.2) is 62.9 Å². The van der Waals surface area contributed by atoms with E-state index in [0.717, 1.165) is 16.9 Å². The summed E-state index contributed by atoms with van der Waals surface area (Å²) in [6, 6.07) is 13.8. The van der Waals surface area contributed by atoms with Crippen molar-refractivity contribution in [2.75, 3.05) is 13.2 Å². The Bertz CT molecular complexity index is 1740. The highest BCUT2D eigenvalue weighted by molar-refractivity contribution is 9.10. The van der Waals surface area contributed by atoms with E-state index in [2.05, 4.69) is 40.8 Å². The summed E-state index contributed by atoms with van der Waals surface area (Å²) in [5, 5.41) is 16.6. The van der Waals surface area contributed by atoms with E-state index in [9.17, 15) is 14.9 Å². The van der Waals surface area contributed by atoms with Gasteiger partial charge in [-0.1, -0.05) is 47.8 Å². The zero-order valence-corrected chi connectivity index (χ0v) is 24.1. The average molecular weight is 603 g/mol. The Balaban J connectivity index is 2.00. The van der Waals surface area contributed by atoms with Crippen LogP contribution in [-0.4, -0.2) is 34.0 Å². The molecule has 0 fully saturated rings. The Morgan fingerprint density at radius 3 is 2.65 bits per heavy atom. The van der Waals surface area contributed by atoms with Crippen molar-refractivity contribution in [1.29, 1.82) is 0 Å². The molecule has 0 bridgehead atoms. The number of aryl methyl sites for hydroxylation is 1. The third-order valence-corrected chi connectivity index (χ3v) is 6.60. The van der Waals surface area contributed by atoms with Crippen LogP contribution in [0.1, 0.15) is 43.4 Å². The predicted octanol–water partition coefficient (Wildman–Crippen LogP) is 6.46. The third kappa shape index (κ3) is 5.75. The molecule has 0 saturated heterocycles. The molecule has 4 rings (SSSR count). The molecule has 0 aliphatic rings. The molecule has 0 aliphatic heterocycles. The Morgan fingerprint density at radius 2 is 1.98 bits per heavy atom. The number of ether oxygens (including phenoxy) is 2. The zero-order valence-electron chi connectivity index (χ0n) is 22.5. The molecule has 9 nitrogen and oxygen atoms in total. The third-order valence-electron chi connectivity index (χ3n) is 6.15. The number of nitro groups is 1. The number of benzene rings is 3. The fraction of sp³-hybridized carbons (Fsp3) is 0.233. The van der Waals surface area contributed by atoms with E-state index < -0.39 is 10.5 Å². The molecular weight excluding hydrogens is 576 g/mol. The minimum atomic E-state index is -0.570. The standard InChI is InChI=1S/C30H27BrN4O5/c1-6-12-40-28-20(14-21(31)15-26(28)35(37)38)17-32-34-29(33-25-11-9-8-10-22(25)30(34)36)24-16-23(18(3)4)27(39-7-2)13-19(24)5/h1,8-11,13-18H,7,12H2,2-5H3. The van der Waals surface area contributed by atoms with Crippen molar-refractivity contribution in [2.45, 2.75) is 33.6 Å². The highest BCUT2D eigenvalue weighted by Gasteiger charge is 2.22. The van der Waals surface area contributed by atoms with Crippen molar-refractivity contribution in [3.8, 4) is 35.2 Å². The van der Waals surface area contributed by atoms with Gasteiger partial charge in [0, 0.05) is 21.7 Å². The summed E-state index contributed by atoms with van der Waals surface area (Å²) in [5.74, 6) is 3.49. The molecular formula is C30H27BrN4O5. The lowest BCUT2D eigenvalue weighted by atomic mass is 9.96. The van der Waals surface area contributed by atoms with Crippen molar-refractivity contribution in [1.82, 2.24) is 9.66 Å². The summed E-state index contributed by atoms with van der Waals surface area (Å²) in [4.78, 5) is 29.7. The first-order valence-electron chi connectivity index (χ1n) is 12.5. The number of hydrogen-bond acceptors (Lipinski definition) is 7. The van der Waals surface area contributed by atoms with E-state index in [1.54, 1.807) is 24.3 Å². The van der Waals surface area contributed by atoms with Gasteiger partial charge in [-0.3, -0.25) is 14.9 Å². The molecule has 0 amide bonds. The van der Waals surface area contributed by atoms with Gasteiger partial charge in [0.05, 0.1) is 28.6 Å². The van der Waals surface area contributed by atoms with Crippen molar-refractivity contribution in [2.24, 2.45) is 5.10 Å². The van der Waals surface area contributed by atoms with Crippen LogP contribution in [-0.2, 0) is 0 Å². The van der Waals surface area contributed by atoms with E-state index in [1.807, 2.05) is 32.0 Å². The second-order valence-corrected chi connectivity index (χ2v) is 10.1. The molecule has 1 aromatic heterocycles. The lowest BCUT2D eigenvalue weighted by Crippen LogP contribution is -2.21. The van der Waals surface area contributed by atoms with Crippen LogP contribution in [0.3, 0.4) is 0 Å². The average Bonchev–Trinajstić information content (AvgIpc) is 2.91. The lowest BCUT2D eigenvalue weighted by Gasteiger charge is -2.18. The summed E-state index contributed by atoms with van der Waals surface area (Å²) in [5.41, 5.74) is 2.60. The Morgan fingerprint density at radius 1 is 1.23 bits per heavy atom. The molecule has 0 saturated carbocycles. The summed E-state index contributed by atoms with van der Waals surface area (Å²) >= 11 is 3.30. The van der Waals surface area contributed by atoms with Gasteiger partial charge in [-0.25, -0.2) is 4.98 Å². The van der Waals surface area contributed by atoms with Gasteiger partial charge >= 0.3 is 5.69 Å². The van der Waals surface area contributed by atoms with Gasteiger partial charge in [-0.2, -0.15) is 9.78 Å². The minimum Gasteiger partial charge on any atom is -0.494 e. The molecule has 1 heterocycles. The summed E-state index contributed by atoms with van der Waals surface area (Å²) in [6.45, 7) is 8.31. The van der Waals surface area contributed by atoms with Gasteiger partial charge < -0.3 is 9.47 Å². The second-order valence-electron chi connectivity index (χ2n) is 9.20. The van der Waals surface area contributed by atoms with E-state index >= 15 is 0 Å². The van der Waals surface area contributed by atoms with Crippen molar-refractivity contribution in [3.63, 3.8) is 0 Å². The molecule has 0 N–H and O–H groups in total. The van der Waals surface area contributed by atoms with Crippen molar-refractivity contribution in [3.05, 3.63) is 90.2 Å². The van der Waals surface area contributed by atoms with Crippen LogP contribution >= 0.6 is 15.9 Å². The first-order chi connectivity index (χ1) is 19.2. The number of para-hydroxylation sites is 1. The number of rotatable bonds is 9. The summed E-state index contributed by atoms with van der Waals surface area (Å²) < 4.78 is 13.0. The van der Waals surface area contributed by atoms with Gasteiger partial charge in [-0.15, -0.1) is 6.42 Å². The largest absolute Gasteiger partial charge is 0.494 e. The molecule has 4 aromatic rings. The highest BCUT2D eigenvalue weighted by Crippen LogP contribution is 2.36. The topological polar surface area (TPSA) is 109 Å². The first-order valence-corrected chi connectivity index (χ1v) is 13.3. The van der Waals surface area contributed by atoms with Crippen LogP contribution in [0.25, 0.3) is 22.3 Å². The Labute approximate surface area is 239 Å². The van der Waals surface area contributed by atoms with E-state index in [4.69, 9.17) is 20.9 Å². The van der Waals surface area contributed by atoms with Gasteiger partial charge in [0.2, 0.25) is 5.75 Å². The van der Waals surface area contributed by atoms with Crippen molar-refractivity contribution < 1.29 is 14.4 Å². The SMILES string of the molecule is C#CCOc1c(C=Nn2c(-c3cc(C(C)C)c(OCC)cc3C)nc3ccccc3c2=O)cc(Br)cc1[N+](=O)[O-]. The smallest absolute Gasteiger partial charge is 0.312 e. The number of nitro benzene ring substituents is 1. The summed E-state index contributed by atoms with van der Waals surface area (Å²) in [6.07, 6.45) is 6.66. The highest BCUT2D eigenvalue weighted by atomic mass is 79.9. The molecule has 204 valence electrons. The maximum absolute atomic E-state index is 13.8. The van der Waals surface area contributed by atoms with Crippen LogP contribution in [0, 0.1) is 29.4 Å². The van der Waals surface area contributed by atoms with Crippen LogP contribution in [0.4, 0.5) is 5.69 Å². The van der Waals surface area contributed by atoms with Crippen LogP contribution in [0.5, 0.6) is 11.5 Å². The maximum atomic E-state index is 13.8. The minimum absolute atomic E-state index is 0.0578. The van der Waals surface area contributed by atoms with Gasteiger partial charge in [-0.05, 0) is 61.2 Å². The van der Waals surface area contributed by atoms with Gasteiger partial charge in [0.15, 0.2) is 5.82 Å². The quantitative estimate of drug-likeness (QED) is 0.0941. The Kier molecular flexibility index (Phi) is 8.65. The molecule has 0 aliphatic carbocycles. The number of hydrogen-bond donors (Lipinski definition) is 0. The monoisotopic (exact) mass is 602 g/mol. The molecule has 40 heavy (non-hydrogen) atoms. The number of nitrogens with zero attached hydrogens (tertiary/aromatic N) is 4. The maximum Gasteiger partial charge on any atom is 0.312 e. The van der Waals surface area contributed by atoms with Crippen LogP contribution in [0.2, 0.25) is 0 Å². The molecule has 0 spiro atoms. The number of terminal acetylenes is 1. The first kappa shape index (κ1) is 28.5. The number of halogens is 1. The predicted molar refractivity (Wildman–Crippen MR) is 160 cm³/mol. The zero-order chi connectivity index (χ0) is 29.0. The van der Waals surface area contributed by atoms with Gasteiger partial charge in [0.1, 0.15) is 12.4 Å². The second kappa shape index (κ2) is 12.1.